The molecule has 0 radical (unpaired) electrons. The first-order valence-corrected chi connectivity index (χ1v) is 9.19. The molecule has 5 rings (SSSR count). The van der Waals surface area contributed by atoms with E-state index in [0.29, 0.717) is 11.4 Å². The average molecular weight is 382 g/mol. The smallest absolute Gasteiger partial charge is 0.253 e. The summed E-state index contributed by atoms with van der Waals surface area (Å²) < 4.78 is 0. The molecule has 0 unspecified atom stereocenters. The highest BCUT2D eigenvalue weighted by atomic mass is 16.2. The molecular formula is C22H18N6O. The van der Waals surface area contributed by atoms with E-state index >= 15 is 0 Å². The first kappa shape index (κ1) is 17.1. The van der Waals surface area contributed by atoms with Crippen LogP contribution >= 0.6 is 0 Å². The number of carbonyl (C=O) groups excluding carboxylic acids is 1. The topological polar surface area (TPSA) is 86.8 Å². The molecule has 4 heterocycles. The fraction of sp³-hybridized carbons (Fsp3) is 0.0909. The van der Waals surface area contributed by atoms with Gasteiger partial charge in [0.05, 0.1) is 28.9 Å². The summed E-state index contributed by atoms with van der Waals surface area (Å²) in [4.78, 5) is 30.5. The maximum absolute atomic E-state index is 12.3. The van der Waals surface area contributed by atoms with Gasteiger partial charge in [0.2, 0.25) is 0 Å². The van der Waals surface area contributed by atoms with Crippen LogP contribution in [0.1, 0.15) is 10.4 Å². The van der Waals surface area contributed by atoms with E-state index in [1.165, 1.54) is 0 Å². The van der Waals surface area contributed by atoms with Gasteiger partial charge in [-0.05, 0) is 30.3 Å². The number of rotatable bonds is 3. The lowest BCUT2D eigenvalue weighted by Crippen LogP contribution is -2.21. The van der Waals surface area contributed by atoms with Gasteiger partial charge in [0, 0.05) is 53.9 Å². The van der Waals surface area contributed by atoms with E-state index in [1.54, 1.807) is 43.7 Å². The number of H-pyrrole nitrogens is 1. The number of anilines is 2. The number of fused-ring (bicyclic) bond motifs is 5. The molecular weight excluding hydrogens is 364 g/mol. The number of amides is 1. The summed E-state index contributed by atoms with van der Waals surface area (Å²) in [5.41, 5.74) is 4.01. The Morgan fingerprint density at radius 1 is 1.03 bits per heavy atom. The number of hydrogen-bond donors (Lipinski definition) is 2. The molecule has 0 fully saturated rings. The average Bonchev–Trinajstić information content (AvgIpc) is 3.14. The van der Waals surface area contributed by atoms with Crippen LogP contribution in [-0.2, 0) is 0 Å². The molecule has 1 aromatic carbocycles. The second-order valence-corrected chi connectivity index (χ2v) is 7.05. The summed E-state index contributed by atoms with van der Waals surface area (Å²) >= 11 is 0. The fourth-order valence-electron chi connectivity index (χ4n) is 3.58. The van der Waals surface area contributed by atoms with Crippen molar-refractivity contribution in [2.75, 3.05) is 19.4 Å². The fourth-order valence-corrected chi connectivity index (χ4v) is 3.58. The van der Waals surface area contributed by atoms with Gasteiger partial charge in [-0.25, -0.2) is 4.98 Å². The molecule has 7 heteroatoms. The van der Waals surface area contributed by atoms with E-state index in [-0.39, 0.29) is 5.91 Å². The Hall–Kier alpha value is -4.00. The van der Waals surface area contributed by atoms with E-state index in [4.69, 9.17) is 4.98 Å². The Morgan fingerprint density at radius 2 is 1.83 bits per heavy atom. The Morgan fingerprint density at radius 3 is 2.66 bits per heavy atom. The number of pyridine rings is 3. The van der Waals surface area contributed by atoms with Crippen LogP contribution in [0, 0.1) is 0 Å². The number of hydrogen-bond acceptors (Lipinski definition) is 5. The Kier molecular flexibility index (Phi) is 3.87. The summed E-state index contributed by atoms with van der Waals surface area (Å²) in [5, 5.41) is 6.54. The maximum atomic E-state index is 12.3. The molecule has 0 bridgehead atoms. The van der Waals surface area contributed by atoms with E-state index in [9.17, 15) is 4.79 Å². The van der Waals surface area contributed by atoms with Crippen molar-refractivity contribution in [2.24, 2.45) is 0 Å². The first-order valence-electron chi connectivity index (χ1n) is 9.19. The van der Waals surface area contributed by atoms with Crippen LogP contribution in [0.3, 0.4) is 0 Å². The third kappa shape index (κ3) is 2.84. The molecule has 7 nitrogen and oxygen atoms in total. The van der Waals surface area contributed by atoms with Gasteiger partial charge in [-0.3, -0.25) is 14.8 Å². The minimum Gasteiger partial charge on any atom is -0.350 e. The third-order valence-electron chi connectivity index (χ3n) is 4.92. The summed E-state index contributed by atoms with van der Waals surface area (Å²) in [6, 6.07) is 11.4. The summed E-state index contributed by atoms with van der Waals surface area (Å²) in [6.45, 7) is 0. The molecule has 0 spiro atoms. The Bertz CT molecular complexity index is 1390. The molecule has 0 saturated heterocycles. The molecule has 1 amide bonds. The van der Waals surface area contributed by atoms with Crippen LogP contribution in [0.15, 0.2) is 61.2 Å². The minimum absolute atomic E-state index is 0.0499. The van der Waals surface area contributed by atoms with Crippen molar-refractivity contribution in [3.05, 3.63) is 66.7 Å². The predicted octanol–water partition coefficient (Wildman–Crippen LogP) is 4.10. The van der Waals surface area contributed by atoms with Gasteiger partial charge >= 0.3 is 0 Å². The molecule has 0 atom stereocenters. The number of carbonyl (C=O) groups is 1. The van der Waals surface area contributed by atoms with Crippen LogP contribution in [-0.4, -0.2) is 44.8 Å². The summed E-state index contributed by atoms with van der Waals surface area (Å²) in [7, 11) is 3.48. The molecule has 142 valence electrons. The van der Waals surface area contributed by atoms with Crippen LogP contribution in [0.5, 0.6) is 0 Å². The van der Waals surface area contributed by atoms with Crippen molar-refractivity contribution in [2.45, 2.75) is 0 Å². The highest BCUT2D eigenvalue weighted by molar-refractivity contribution is 6.21. The highest BCUT2D eigenvalue weighted by Gasteiger charge is 2.15. The zero-order valence-corrected chi connectivity index (χ0v) is 16.0. The SMILES string of the molecule is CN(C)C(=O)c1cccc(Nc2nc3cnccc3c3c2[nH]c2cnccc23)c1. The van der Waals surface area contributed by atoms with Crippen molar-refractivity contribution in [1.82, 2.24) is 24.8 Å². The zero-order valence-electron chi connectivity index (χ0n) is 16.0. The second kappa shape index (κ2) is 6.56. The number of aromatic nitrogens is 4. The Labute approximate surface area is 166 Å². The lowest BCUT2D eigenvalue weighted by Gasteiger charge is -2.13. The molecule has 29 heavy (non-hydrogen) atoms. The number of nitrogens with zero attached hydrogens (tertiary/aromatic N) is 4. The van der Waals surface area contributed by atoms with Gasteiger partial charge in [0.15, 0.2) is 5.82 Å². The van der Waals surface area contributed by atoms with Crippen LogP contribution < -0.4 is 5.32 Å². The molecule has 0 aliphatic rings. The minimum atomic E-state index is -0.0499. The zero-order chi connectivity index (χ0) is 20.0. The van der Waals surface area contributed by atoms with Crippen molar-refractivity contribution in [3.8, 4) is 0 Å². The van der Waals surface area contributed by atoms with Gasteiger partial charge in [0.1, 0.15) is 0 Å². The number of aromatic amines is 1. The monoisotopic (exact) mass is 382 g/mol. The molecule has 2 N–H and O–H groups in total. The van der Waals surface area contributed by atoms with Crippen LogP contribution in [0.2, 0.25) is 0 Å². The van der Waals surface area contributed by atoms with E-state index in [2.05, 4.69) is 20.3 Å². The second-order valence-electron chi connectivity index (χ2n) is 7.05. The van der Waals surface area contributed by atoms with E-state index in [0.717, 1.165) is 38.4 Å². The maximum Gasteiger partial charge on any atom is 0.253 e. The Balaban J connectivity index is 1.71. The van der Waals surface area contributed by atoms with Gasteiger partial charge in [-0.2, -0.15) is 0 Å². The number of nitrogens with one attached hydrogen (secondary N) is 2. The highest BCUT2D eigenvalue weighted by Crippen LogP contribution is 2.35. The molecule has 4 aromatic heterocycles. The van der Waals surface area contributed by atoms with Crippen molar-refractivity contribution < 1.29 is 4.79 Å². The van der Waals surface area contributed by atoms with Crippen molar-refractivity contribution in [1.29, 1.82) is 0 Å². The standard InChI is InChI=1S/C22H18N6O/c1-28(2)22(29)13-4-3-5-14(10-13)25-21-20-19(15-6-8-23-11-17(15)26-20)16-7-9-24-12-18(16)27-21/h3-12,26H,1-2H3,(H,25,27). The van der Waals surface area contributed by atoms with Gasteiger partial charge in [-0.15, -0.1) is 0 Å². The lowest BCUT2D eigenvalue weighted by atomic mass is 10.1. The molecule has 0 aliphatic heterocycles. The quantitative estimate of drug-likeness (QED) is 0.490. The normalized spacial score (nSPS) is 11.2. The lowest BCUT2D eigenvalue weighted by molar-refractivity contribution is 0.0827. The van der Waals surface area contributed by atoms with Gasteiger partial charge in [0.25, 0.3) is 5.91 Å². The third-order valence-corrected chi connectivity index (χ3v) is 4.92. The van der Waals surface area contributed by atoms with Crippen molar-refractivity contribution in [3.63, 3.8) is 0 Å². The molecule has 0 aliphatic carbocycles. The predicted molar refractivity (Wildman–Crippen MR) is 114 cm³/mol. The largest absolute Gasteiger partial charge is 0.350 e. The first-order chi connectivity index (χ1) is 14.1. The summed E-state index contributed by atoms with van der Waals surface area (Å²) in [6.07, 6.45) is 7.12. The van der Waals surface area contributed by atoms with E-state index < -0.39 is 0 Å². The number of benzene rings is 1. The van der Waals surface area contributed by atoms with Crippen molar-refractivity contribution >= 4 is 50.1 Å². The van der Waals surface area contributed by atoms with Gasteiger partial charge < -0.3 is 15.2 Å². The van der Waals surface area contributed by atoms with Crippen LogP contribution in [0.25, 0.3) is 32.7 Å². The van der Waals surface area contributed by atoms with Gasteiger partial charge in [-0.1, -0.05) is 6.07 Å². The molecule has 0 saturated carbocycles. The molecule has 5 aromatic rings. The summed E-state index contributed by atoms with van der Waals surface area (Å²) in [5.74, 6) is 0.623. The van der Waals surface area contributed by atoms with E-state index in [1.807, 2.05) is 36.5 Å². The van der Waals surface area contributed by atoms with Crippen LogP contribution in [0.4, 0.5) is 11.5 Å².